The molecule has 25 heavy (non-hydrogen) atoms. The van der Waals surface area contributed by atoms with Gasteiger partial charge in [0.05, 0.1) is 11.7 Å². The molecule has 0 aromatic heterocycles. The van der Waals surface area contributed by atoms with E-state index in [0.717, 1.165) is 24.2 Å². The third-order valence-electron chi connectivity index (χ3n) is 5.01. The van der Waals surface area contributed by atoms with Gasteiger partial charge in [0, 0.05) is 25.2 Å². The molecule has 3 rings (SSSR count). The molecule has 1 amide bonds. The van der Waals surface area contributed by atoms with Crippen molar-refractivity contribution in [2.45, 2.75) is 24.5 Å². The van der Waals surface area contributed by atoms with Gasteiger partial charge >= 0.3 is 0 Å². The van der Waals surface area contributed by atoms with Crippen molar-refractivity contribution in [3.63, 3.8) is 0 Å². The number of β-amino-alcohol motifs (C(OH)–C–C–N with tert-alkyl or cyclic N) is 1. The number of hydrogen-bond donors (Lipinski definition) is 3. The number of piperidine rings is 1. The summed E-state index contributed by atoms with van der Waals surface area (Å²) < 4.78 is 0. The highest BCUT2D eigenvalue weighted by Gasteiger charge is 2.34. The smallest absolute Gasteiger partial charge is 0.248 e. The highest BCUT2D eigenvalue weighted by atomic mass is 16.3. The van der Waals surface area contributed by atoms with Crippen LogP contribution in [0.3, 0.4) is 0 Å². The predicted molar refractivity (Wildman–Crippen MR) is 95.9 cm³/mol. The molecule has 0 saturated carbocycles. The third-order valence-corrected chi connectivity index (χ3v) is 5.01. The minimum Gasteiger partial charge on any atom is -0.387 e. The lowest BCUT2D eigenvalue weighted by molar-refractivity contribution is -0.0344. The number of aliphatic hydroxyl groups excluding tert-OH is 1. The second-order valence-corrected chi connectivity index (χ2v) is 6.70. The molecular weight excluding hydrogens is 316 g/mol. The zero-order chi connectivity index (χ0) is 17.9. The predicted octanol–water partition coefficient (Wildman–Crippen LogP) is 1.80. The molecule has 1 saturated heterocycles. The molecule has 0 spiro atoms. The Balaban J connectivity index is 1.57. The van der Waals surface area contributed by atoms with Crippen LogP contribution in [-0.2, 0) is 5.60 Å². The molecule has 0 aliphatic carbocycles. The Kier molecular flexibility index (Phi) is 5.18. The topological polar surface area (TPSA) is 86.8 Å². The Labute approximate surface area is 147 Å². The van der Waals surface area contributed by atoms with Crippen LogP contribution in [0.25, 0.3) is 0 Å². The van der Waals surface area contributed by atoms with Crippen LogP contribution < -0.4 is 5.73 Å². The van der Waals surface area contributed by atoms with E-state index in [1.165, 1.54) is 0 Å². The molecule has 2 aromatic rings. The Morgan fingerprint density at radius 2 is 1.68 bits per heavy atom. The van der Waals surface area contributed by atoms with Crippen LogP contribution >= 0.6 is 0 Å². The number of primary amides is 1. The Morgan fingerprint density at radius 3 is 2.24 bits per heavy atom. The maximum Gasteiger partial charge on any atom is 0.248 e. The van der Waals surface area contributed by atoms with E-state index in [-0.39, 0.29) is 0 Å². The number of hydrogen-bond acceptors (Lipinski definition) is 4. The number of carbonyl (C=O) groups excluding carboxylic acids is 1. The van der Waals surface area contributed by atoms with Crippen molar-refractivity contribution in [1.29, 1.82) is 0 Å². The summed E-state index contributed by atoms with van der Waals surface area (Å²) in [5, 5.41) is 21.3. The van der Waals surface area contributed by atoms with Gasteiger partial charge in [-0.2, -0.15) is 0 Å². The lowest BCUT2D eigenvalue weighted by Gasteiger charge is -2.39. The van der Waals surface area contributed by atoms with Gasteiger partial charge in [0.15, 0.2) is 0 Å². The number of nitrogens with zero attached hydrogens (tertiary/aromatic N) is 1. The van der Waals surface area contributed by atoms with Crippen LogP contribution in [0.4, 0.5) is 0 Å². The van der Waals surface area contributed by atoms with E-state index in [1.807, 2.05) is 30.3 Å². The largest absolute Gasteiger partial charge is 0.387 e. The number of amides is 1. The van der Waals surface area contributed by atoms with Gasteiger partial charge in [-0.15, -0.1) is 0 Å². The van der Waals surface area contributed by atoms with Crippen LogP contribution in [0.2, 0.25) is 0 Å². The Hall–Kier alpha value is -2.21. The van der Waals surface area contributed by atoms with Crippen molar-refractivity contribution in [2.75, 3.05) is 19.6 Å². The van der Waals surface area contributed by atoms with Crippen LogP contribution in [-0.4, -0.2) is 40.7 Å². The number of likely N-dealkylation sites (tertiary alicyclic amines) is 1. The number of carbonyl (C=O) groups is 1. The maximum atomic E-state index is 11.1. The third kappa shape index (κ3) is 4.07. The first-order chi connectivity index (χ1) is 12.0. The molecule has 1 atom stereocenters. The normalized spacial score (nSPS) is 18.6. The first kappa shape index (κ1) is 17.6. The summed E-state index contributed by atoms with van der Waals surface area (Å²) in [4.78, 5) is 13.3. The fraction of sp³-hybridized carbons (Fsp3) is 0.350. The fourth-order valence-corrected chi connectivity index (χ4v) is 3.36. The molecule has 0 bridgehead atoms. The van der Waals surface area contributed by atoms with Crippen molar-refractivity contribution in [3.8, 4) is 0 Å². The number of aliphatic hydroxyl groups is 2. The summed E-state index contributed by atoms with van der Waals surface area (Å²) in [5.41, 5.74) is 6.59. The zero-order valence-corrected chi connectivity index (χ0v) is 14.1. The monoisotopic (exact) mass is 340 g/mol. The summed E-state index contributed by atoms with van der Waals surface area (Å²) in [6.45, 7) is 1.95. The van der Waals surface area contributed by atoms with Crippen molar-refractivity contribution in [1.82, 2.24) is 4.90 Å². The van der Waals surface area contributed by atoms with Crippen LogP contribution in [0.5, 0.6) is 0 Å². The minimum absolute atomic E-state index is 0.432. The van der Waals surface area contributed by atoms with Gasteiger partial charge in [-0.25, -0.2) is 0 Å². The highest BCUT2D eigenvalue weighted by Crippen LogP contribution is 2.33. The summed E-state index contributed by atoms with van der Waals surface area (Å²) in [6.07, 6.45) is 0.652. The molecule has 1 aliphatic heterocycles. The summed E-state index contributed by atoms with van der Waals surface area (Å²) in [7, 11) is 0. The molecule has 0 radical (unpaired) electrons. The van der Waals surface area contributed by atoms with Gasteiger partial charge in [0.25, 0.3) is 0 Å². The summed E-state index contributed by atoms with van der Waals surface area (Å²) >= 11 is 0. The highest BCUT2D eigenvalue weighted by molar-refractivity contribution is 5.92. The molecule has 2 aromatic carbocycles. The number of rotatable bonds is 5. The number of nitrogens with two attached hydrogens (primary N) is 1. The first-order valence-electron chi connectivity index (χ1n) is 8.56. The molecule has 5 nitrogen and oxygen atoms in total. The fourth-order valence-electron chi connectivity index (χ4n) is 3.36. The van der Waals surface area contributed by atoms with Crippen molar-refractivity contribution < 1.29 is 15.0 Å². The Bertz CT molecular complexity index is 707. The lowest BCUT2D eigenvalue weighted by Crippen LogP contribution is -2.43. The van der Waals surface area contributed by atoms with E-state index < -0.39 is 17.6 Å². The maximum absolute atomic E-state index is 11.1. The van der Waals surface area contributed by atoms with Gasteiger partial charge in [0.2, 0.25) is 5.91 Å². The lowest BCUT2D eigenvalue weighted by atomic mass is 9.84. The summed E-state index contributed by atoms with van der Waals surface area (Å²) in [5.74, 6) is -0.475. The molecule has 1 fully saturated rings. The van der Waals surface area contributed by atoms with Gasteiger partial charge in [-0.05, 0) is 36.1 Å². The number of benzene rings is 2. The molecular formula is C20H24N2O3. The Morgan fingerprint density at radius 1 is 1.08 bits per heavy atom. The minimum atomic E-state index is -0.786. The molecule has 5 heteroatoms. The average Bonchev–Trinajstić information content (AvgIpc) is 2.64. The van der Waals surface area contributed by atoms with E-state index >= 15 is 0 Å². The quantitative estimate of drug-likeness (QED) is 0.775. The molecule has 132 valence electrons. The van der Waals surface area contributed by atoms with E-state index in [0.29, 0.717) is 24.9 Å². The van der Waals surface area contributed by atoms with Crippen LogP contribution in [0.1, 0.15) is 40.4 Å². The second kappa shape index (κ2) is 7.35. The van der Waals surface area contributed by atoms with Crippen LogP contribution in [0, 0.1) is 0 Å². The van der Waals surface area contributed by atoms with E-state index in [2.05, 4.69) is 4.90 Å². The van der Waals surface area contributed by atoms with Gasteiger partial charge in [0.1, 0.15) is 0 Å². The molecule has 1 aliphatic rings. The van der Waals surface area contributed by atoms with E-state index in [4.69, 9.17) is 5.73 Å². The summed E-state index contributed by atoms with van der Waals surface area (Å²) in [6, 6.07) is 16.5. The van der Waals surface area contributed by atoms with Crippen molar-refractivity contribution in [3.05, 3.63) is 71.3 Å². The molecule has 4 N–H and O–H groups in total. The van der Waals surface area contributed by atoms with E-state index in [1.54, 1.807) is 24.3 Å². The molecule has 1 heterocycles. The van der Waals surface area contributed by atoms with Crippen LogP contribution in [0.15, 0.2) is 54.6 Å². The first-order valence-corrected chi connectivity index (χ1v) is 8.56. The van der Waals surface area contributed by atoms with Gasteiger partial charge in [-0.3, -0.25) is 4.79 Å². The average molecular weight is 340 g/mol. The SMILES string of the molecule is NC(=O)c1ccc(C(O)CN2CCC(O)(c3ccccc3)CC2)cc1. The standard InChI is InChI=1S/C20H24N2O3/c21-19(24)16-8-6-15(7-9-16)18(23)14-22-12-10-20(25,11-13-22)17-4-2-1-3-5-17/h1-9,18,23,25H,10-14H2,(H2,21,24). The zero-order valence-electron chi connectivity index (χ0n) is 14.1. The second-order valence-electron chi connectivity index (χ2n) is 6.70. The van der Waals surface area contributed by atoms with Gasteiger partial charge in [-0.1, -0.05) is 42.5 Å². The van der Waals surface area contributed by atoms with Crippen molar-refractivity contribution in [2.24, 2.45) is 5.73 Å². The van der Waals surface area contributed by atoms with Crippen molar-refractivity contribution >= 4 is 5.91 Å². The molecule has 1 unspecified atom stereocenters. The van der Waals surface area contributed by atoms with E-state index in [9.17, 15) is 15.0 Å². The van der Waals surface area contributed by atoms with Gasteiger partial charge < -0.3 is 20.8 Å².